The van der Waals surface area contributed by atoms with Gasteiger partial charge in [-0.15, -0.1) is 0 Å². The normalized spacial score (nSPS) is 14.9. The first kappa shape index (κ1) is 18.7. The second-order valence-corrected chi connectivity index (χ2v) is 7.34. The number of furan rings is 1. The van der Waals surface area contributed by atoms with Gasteiger partial charge in [0, 0.05) is 18.8 Å². The molecule has 1 aliphatic rings. The summed E-state index contributed by atoms with van der Waals surface area (Å²) in [4.78, 5) is 12.3. The van der Waals surface area contributed by atoms with Gasteiger partial charge in [0.15, 0.2) is 5.82 Å². The van der Waals surface area contributed by atoms with Crippen molar-refractivity contribution in [3.05, 3.63) is 45.8 Å². The quantitative estimate of drug-likeness (QED) is 0.338. The Labute approximate surface area is 147 Å². The Bertz CT molecular complexity index is 555. The van der Waals surface area contributed by atoms with Crippen molar-refractivity contribution in [3.8, 4) is 0 Å². The number of thioether (sulfide) groups is 1. The summed E-state index contributed by atoms with van der Waals surface area (Å²) in [6.45, 7) is 2.28. The van der Waals surface area contributed by atoms with Crippen LogP contribution < -0.4 is 10.6 Å². The van der Waals surface area contributed by atoms with Gasteiger partial charge in [0.1, 0.15) is 11.5 Å². The van der Waals surface area contributed by atoms with Gasteiger partial charge in [0.2, 0.25) is 0 Å². The van der Waals surface area contributed by atoms with Gasteiger partial charge in [0.05, 0.1) is 17.2 Å². The van der Waals surface area contributed by atoms with E-state index in [9.17, 15) is 10.1 Å². The SMILES string of the molecule is CN(C)Cc1ccc(CSCCN/C(=C\[N+](=O)[O-])NCC2CC2)o1. The molecule has 8 heteroatoms. The maximum Gasteiger partial charge on any atom is 0.274 e. The van der Waals surface area contributed by atoms with Crippen LogP contribution in [0.5, 0.6) is 0 Å². The summed E-state index contributed by atoms with van der Waals surface area (Å²) in [7, 11) is 4.02. The molecule has 1 fully saturated rings. The zero-order valence-electron chi connectivity index (χ0n) is 14.3. The molecule has 0 atom stereocenters. The van der Waals surface area contributed by atoms with Gasteiger partial charge < -0.3 is 20.0 Å². The Morgan fingerprint density at radius 3 is 2.83 bits per heavy atom. The van der Waals surface area contributed by atoms with Crippen molar-refractivity contribution >= 4 is 11.8 Å². The third-order valence-electron chi connectivity index (χ3n) is 3.51. The molecule has 0 aromatic carbocycles. The molecule has 7 nitrogen and oxygen atoms in total. The molecule has 1 aliphatic carbocycles. The van der Waals surface area contributed by atoms with E-state index in [1.807, 2.05) is 26.2 Å². The van der Waals surface area contributed by atoms with Crippen LogP contribution in [0.15, 0.2) is 28.6 Å². The van der Waals surface area contributed by atoms with Crippen LogP contribution in [0.2, 0.25) is 0 Å². The van der Waals surface area contributed by atoms with Crippen LogP contribution in [0.3, 0.4) is 0 Å². The molecular formula is C16H26N4O3S. The molecule has 1 aromatic heterocycles. The molecule has 2 rings (SSSR count). The van der Waals surface area contributed by atoms with E-state index in [0.29, 0.717) is 18.3 Å². The van der Waals surface area contributed by atoms with Gasteiger partial charge in [-0.2, -0.15) is 11.8 Å². The average molecular weight is 354 g/mol. The van der Waals surface area contributed by atoms with Crippen molar-refractivity contribution in [2.75, 3.05) is 32.9 Å². The molecule has 1 heterocycles. The summed E-state index contributed by atoms with van der Waals surface area (Å²) < 4.78 is 5.75. The van der Waals surface area contributed by atoms with E-state index in [4.69, 9.17) is 4.42 Å². The lowest BCUT2D eigenvalue weighted by Crippen LogP contribution is -2.30. The predicted molar refractivity (Wildman–Crippen MR) is 96.1 cm³/mol. The van der Waals surface area contributed by atoms with Gasteiger partial charge in [0.25, 0.3) is 6.20 Å². The Hall–Kier alpha value is -1.67. The van der Waals surface area contributed by atoms with Gasteiger partial charge in [-0.25, -0.2) is 0 Å². The summed E-state index contributed by atoms with van der Waals surface area (Å²) in [5.74, 6) is 4.76. The monoisotopic (exact) mass is 354 g/mol. The van der Waals surface area contributed by atoms with E-state index < -0.39 is 4.92 Å². The Morgan fingerprint density at radius 1 is 1.42 bits per heavy atom. The summed E-state index contributed by atoms with van der Waals surface area (Å²) in [5.41, 5.74) is 0. The molecule has 0 radical (unpaired) electrons. The third-order valence-corrected chi connectivity index (χ3v) is 4.49. The molecule has 0 saturated heterocycles. The minimum absolute atomic E-state index is 0.426. The molecule has 0 amide bonds. The molecule has 1 saturated carbocycles. The van der Waals surface area contributed by atoms with E-state index in [0.717, 1.165) is 42.3 Å². The highest BCUT2D eigenvalue weighted by Crippen LogP contribution is 2.27. The summed E-state index contributed by atoms with van der Waals surface area (Å²) >= 11 is 1.74. The highest BCUT2D eigenvalue weighted by molar-refractivity contribution is 7.98. The van der Waals surface area contributed by atoms with Crippen LogP contribution in [0.25, 0.3) is 0 Å². The van der Waals surface area contributed by atoms with Crippen molar-refractivity contribution < 1.29 is 9.34 Å². The number of hydrogen-bond donors (Lipinski definition) is 2. The van der Waals surface area contributed by atoms with Crippen molar-refractivity contribution in [1.82, 2.24) is 15.5 Å². The maximum absolute atomic E-state index is 10.7. The van der Waals surface area contributed by atoms with E-state index in [1.54, 1.807) is 11.8 Å². The van der Waals surface area contributed by atoms with Crippen molar-refractivity contribution in [2.45, 2.75) is 25.1 Å². The molecule has 0 aliphatic heterocycles. The van der Waals surface area contributed by atoms with Crippen LogP contribution in [0, 0.1) is 16.0 Å². The standard InChI is InChI=1S/C16H26N4O3S/c1-19(2)10-14-5-6-15(23-14)12-24-8-7-17-16(11-20(21)22)18-9-13-3-4-13/h5-6,11,13,17-18H,3-4,7-10,12H2,1-2H3/b16-11+. The second kappa shape index (κ2) is 9.58. The Balaban J connectivity index is 1.63. The predicted octanol–water partition coefficient (Wildman–Crippen LogP) is 2.24. The fraction of sp³-hybridized carbons (Fsp3) is 0.625. The molecule has 24 heavy (non-hydrogen) atoms. The van der Waals surface area contributed by atoms with Gasteiger partial charge in [-0.1, -0.05) is 0 Å². The Morgan fingerprint density at radius 2 is 2.17 bits per heavy atom. The lowest BCUT2D eigenvalue weighted by Gasteiger charge is -2.10. The van der Waals surface area contributed by atoms with E-state index in [2.05, 4.69) is 15.5 Å². The van der Waals surface area contributed by atoms with Crippen LogP contribution >= 0.6 is 11.8 Å². The molecule has 0 unspecified atom stereocenters. The molecule has 1 aromatic rings. The molecule has 0 spiro atoms. The highest BCUT2D eigenvalue weighted by Gasteiger charge is 2.21. The number of hydrogen-bond acceptors (Lipinski definition) is 7. The number of nitrogens with one attached hydrogen (secondary N) is 2. The largest absolute Gasteiger partial charge is 0.464 e. The third kappa shape index (κ3) is 7.74. The fourth-order valence-corrected chi connectivity index (χ4v) is 2.91. The fourth-order valence-electron chi connectivity index (χ4n) is 2.16. The van der Waals surface area contributed by atoms with Crippen molar-refractivity contribution in [2.24, 2.45) is 5.92 Å². The molecular weight excluding hydrogens is 328 g/mol. The van der Waals surface area contributed by atoms with E-state index in [1.165, 1.54) is 12.8 Å². The lowest BCUT2D eigenvalue weighted by atomic mass is 10.4. The number of nitrogens with zero attached hydrogens (tertiary/aromatic N) is 2. The Kier molecular flexibility index (Phi) is 7.45. The van der Waals surface area contributed by atoms with Gasteiger partial charge in [-0.3, -0.25) is 10.1 Å². The van der Waals surface area contributed by atoms with Crippen LogP contribution in [-0.2, 0) is 12.3 Å². The minimum atomic E-state index is -0.426. The number of nitro groups is 1. The van der Waals surface area contributed by atoms with Crippen LogP contribution in [0.4, 0.5) is 0 Å². The molecule has 0 bridgehead atoms. The van der Waals surface area contributed by atoms with Gasteiger partial charge in [-0.05, 0) is 45.0 Å². The summed E-state index contributed by atoms with van der Waals surface area (Å²) in [5, 5.41) is 16.9. The molecule has 2 N–H and O–H groups in total. The highest BCUT2D eigenvalue weighted by atomic mass is 32.2. The van der Waals surface area contributed by atoms with Crippen LogP contribution in [0.1, 0.15) is 24.4 Å². The first-order valence-electron chi connectivity index (χ1n) is 8.16. The summed E-state index contributed by atoms with van der Waals surface area (Å²) in [6, 6.07) is 4.02. The van der Waals surface area contributed by atoms with Crippen molar-refractivity contribution in [3.63, 3.8) is 0 Å². The zero-order chi connectivity index (χ0) is 17.4. The number of rotatable bonds is 12. The second-order valence-electron chi connectivity index (χ2n) is 6.24. The lowest BCUT2D eigenvalue weighted by molar-refractivity contribution is -0.404. The van der Waals surface area contributed by atoms with E-state index >= 15 is 0 Å². The zero-order valence-corrected chi connectivity index (χ0v) is 15.1. The first-order valence-corrected chi connectivity index (χ1v) is 9.31. The van der Waals surface area contributed by atoms with E-state index in [-0.39, 0.29) is 0 Å². The molecule has 134 valence electrons. The van der Waals surface area contributed by atoms with Crippen molar-refractivity contribution in [1.29, 1.82) is 0 Å². The maximum atomic E-state index is 10.7. The summed E-state index contributed by atoms with van der Waals surface area (Å²) in [6.07, 6.45) is 3.44. The smallest absolute Gasteiger partial charge is 0.274 e. The minimum Gasteiger partial charge on any atom is -0.464 e. The average Bonchev–Trinajstić information content (AvgIpc) is 3.23. The van der Waals surface area contributed by atoms with Gasteiger partial charge >= 0.3 is 0 Å². The topological polar surface area (TPSA) is 83.6 Å². The first-order chi connectivity index (χ1) is 11.5. The van der Waals surface area contributed by atoms with Crippen LogP contribution in [-0.4, -0.2) is 42.8 Å².